The molecule has 4 nitrogen and oxygen atoms in total. The fourth-order valence-corrected chi connectivity index (χ4v) is 4.09. The van der Waals surface area contributed by atoms with Crippen LogP contribution >= 0.6 is 38.6 Å². The summed E-state index contributed by atoms with van der Waals surface area (Å²) in [6.07, 6.45) is 0. The van der Waals surface area contributed by atoms with Crippen molar-refractivity contribution in [1.29, 1.82) is 0 Å². The Morgan fingerprint density at radius 2 is 2.00 bits per heavy atom. The maximum absolute atomic E-state index is 12.2. The molecular formula is C14H14BrNO3S2. The number of thiophene rings is 2. The van der Waals surface area contributed by atoms with Crippen LogP contribution in [0.5, 0.6) is 0 Å². The summed E-state index contributed by atoms with van der Waals surface area (Å²) in [7, 11) is 0. The number of carbonyl (C=O) groups excluding carboxylic acids is 2. The highest BCUT2D eigenvalue weighted by Crippen LogP contribution is 2.34. The van der Waals surface area contributed by atoms with Gasteiger partial charge in [-0.25, -0.2) is 4.79 Å². The molecule has 1 amide bonds. The molecule has 0 aliphatic rings. The van der Waals surface area contributed by atoms with Gasteiger partial charge in [-0.15, -0.1) is 22.7 Å². The van der Waals surface area contributed by atoms with Crippen LogP contribution in [0.1, 0.15) is 37.4 Å². The maximum Gasteiger partial charge on any atom is 0.341 e. The average molecular weight is 388 g/mol. The zero-order chi connectivity index (χ0) is 15.6. The molecule has 0 aromatic carbocycles. The Bertz CT molecular complexity index is 690. The molecule has 0 unspecified atom stereocenters. The summed E-state index contributed by atoms with van der Waals surface area (Å²) < 4.78 is 5.95. The lowest BCUT2D eigenvalue weighted by atomic mass is 10.1. The molecule has 0 aliphatic heterocycles. The summed E-state index contributed by atoms with van der Waals surface area (Å²) in [6.45, 7) is 5.84. The molecule has 2 aromatic heterocycles. The van der Waals surface area contributed by atoms with Crippen LogP contribution in [0.3, 0.4) is 0 Å². The quantitative estimate of drug-likeness (QED) is 0.778. The summed E-state index contributed by atoms with van der Waals surface area (Å²) in [5, 5.41) is 3.35. The first-order valence-electron chi connectivity index (χ1n) is 6.27. The smallest absolute Gasteiger partial charge is 0.341 e. The first kappa shape index (κ1) is 16.2. The standard InChI is InChI=1S/C14H14BrNO3S2/c1-4-19-14(18)11-7(2)8(3)20-13(11)16-12(17)9-5-6-10(15)21-9/h5-6H,4H2,1-3H3,(H,16,17). The lowest BCUT2D eigenvalue weighted by Gasteiger charge is -2.06. The van der Waals surface area contributed by atoms with Crippen LogP contribution in [0.4, 0.5) is 5.00 Å². The van der Waals surface area contributed by atoms with E-state index in [1.165, 1.54) is 22.7 Å². The Labute approximate surface area is 139 Å². The van der Waals surface area contributed by atoms with Gasteiger partial charge in [-0.3, -0.25) is 4.79 Å². The monoisotopic (exact) mass is 387 g/mol. The van der Waals surface area contributed by atoms with Gasteiger partial charge in [-0.2, -0.15) is 0 Å². The van der Waals surface area contributed by atoms with Crippen molar-refractivity contribution in [2.75, 3.05) is 11.9 Å². The van der Waals surface area contributed by atoms with Crippen LogP contribution in [-0.2, 0) is 4.74 Å². The van der Waals surface area contributed by atoms with E-state index in [4.69, 9.17) is 4.74 Å². The van der Waals surface area contributed by atoms with Crippen molar-refractivity contribution in [2.24, 2.45) is 0 Å². The van der Waals surface area contributed by atoms with Gasteiger partial charge in [0.15, 0.2) is 0 Å². The minimum Gasteiger partial charge on any atom is -0.462 e. The number of anilines is 1. The van der Waals surface area contributed by atoms with Crippen LogP contribution in [0, 0.1) is 13.8 Å². The number of rotatable bonds is 4. The minimum atomic E-state index is -0.401. The number of carbonyl (C=O) groups is 2. The second kappa shape index (κ2) is 6.72. The average Bonchev–Trinajstić information content (AvgIpc) is 2.95. The van der Waals surface area contributed by atoms with Gasteiger partial charge in [-0.1, -0.05) is 0 Å². The molecule has 0 radical (unpaired) electrons. The lowest BCUT2D eigenvalue weighted by molar-refractivity contribution is 0.0527. The second-order valence-corrected chi connectivity index (χ2v) is 7.95. The number of halogens is 1. The molecule has 21 heavy (non-hydrogen) atoms. The van der Waals surface area contributed by atoms with E-state index in [9.17, 15) is 9.59 Å². The molecule has 1 N–H and O–H groups in total. The zero-order valence-electron chi connectivity index (χ0n) is 11.8. The number of esters is 1. The number of ether oxygens (including phenoxy) is 1. The Hall–Kier alpha value is -1.18. The first-order chi connectivity index (χ1) is 9.93. The van der Waals surface area contributed by atoms with Gasteiger partial charge < -0.3 is 10.1 Å². The van der Waals surface area contributed by atoms with Gasteiger partial charge in [-0.05, 0) is 54.4 Å². The van der Waals surface area contributed by atoms with Gasteiger partial charge in [0.25, 0.3) is 5.91 Å². The summed E-state index contributed by atoms with van der Waals surface area (Å²) in [5.41, 5.74) is 1.30. The molecule has 0 atom stereocenters. The molecule has 0 saturated heterocycles. The third kappa shape index (κ3) is 3.53. The summed E-state index contributed by atoms with van der Waals surface area (Å²) in [5.74, 6) is -0.625. The number of nitrogens with one attached hydrogen (secondary N) is 1. The topological polar surface area (TPSA) is 55.4 Å². The van der Waals surface area contributed by atoms with E-state index in [0.29, 0.717) is 22.0 Å². The van der Waals surface area contributed by atoms with E-state index < -0.39 is 5.97 Å². The summed E-state index contributed by atoms with van der Waals surface area (Å²) in [6, 6.07) is 3.55. The molecule has 2 rings (SSSR count). The molecule has 0 aliphatic carbocycles. The van der Waals surface area contributed by atoms with Gasteiger partial charge >= 0.3 is 5.97 Å². The molecule has 2 aromatic rings. The van der Waals surface area contributed by atoms with Crippen molar-refractivity contribution in [3.8, 4) is 0 Å². The number of hydrogen-bond acceptors (Lipinski definition) is 5. The fourth-order valence-electron chi connectivity index (χ4n) is 1.77. The predicted octanol–water partition coefficient (Wildman–Crippen LogP) is 4.62. The first-order valence-corrected chi connectivity index (χ1v) is 8.70. The van der Waals surface area contributed by atoms with Crippen molar-refractivity contribution in [3.05, 3.63) is 36.8 Å². The van der Waals surface area contributed by atoms with Gasteiger partial charge in [0, 0.05) is 4.88 Å². The van der Waals surface area contributed by atoms with E-state index >= 15 is 0 Å². The van der Waals surface area contributed by atoms with Crippen LogP contribution in [0.25, 0.3) is 0 Å². The highest BCUT2D eigenvalue weighted by Gasteiger charge is 2.22. The maximum atomic E-state index is 12.2. The van der Waals surface area contributed by atoms with E-state index in [2.05, 4.69) is 21.2 Å². The number of aryl methyl sites for hydroxylation is 1. The van der Waals surface area contributed by atoms with Gasteiger partial charge in [0.2, 0.25) is 0 Å². The lowest BCUT2D eigenvalue weighted by Crippen LogP contribution is -2.13. The SMILES string of the molecule is CCOC(=O)c1c(NC(=O)c2ccc(Br)s2)sc(C)c1C. The second-order valence-electron chi connectivity index (χ2n) is 4.27. The molecule has 0 spiro atoms. The van der Waals surface area contributed by atoms with Gasteiger partial charge in [0.1, 0.15) is 5.00 Å². The van der Waals surface area contributed by atoms with E-state index in [1.807, 2.05) is 19.9 Å². The van der Waals surface area contributed by atoms with E-state index in [-0.39, 0.29) is 5.91 Å². The molecule has 0 fully saturated rings. The van der Waals surface area contributed by atoms with E-state index in [1.54, 1.807) is 13.0 Å². The highest BCUT2D eigenvalue weighted by atomic mass is 79.9. The minimum absolute atomic E-state index is 0.225. The van der Waals surface area contributed by atoms with Crippen molar-refractivity contribution in [2.45, 2.75) is 20.8 Å². The molecule has 112 valence electrons. The van der Waals surface area contributed by atoms with Crippen molar-refractivity contribution < 1.29 is 14.3 Å². The van der Waals surface area contributed by atoms with Gasteiger partial charge in [0.05, 0.1) is 20.8 Å². The largest absolute Gasteiger partial charge is 0.462 e. The Morgan fingerprint density at radius 3 is 2.57 bits per heavy atom. The van der Waals surface area contributed by atoms with Crippen molar-refractivity contribution >= 4 is 55.5 Å². The molecule has 2 heterocycles. The normalized spacial score (nSPS) is 10.5. The van der Waals surface area contributed by atoms with Crippen LogP contribution in [-0.4, -0.2) is 18.5 Å². The fraction of sp³-hybridized carbons (Fsp3) is 0.286. The van der Waals surface area contributed by atoms with Crippen LogP contribution in [0.2, 0.25) is 0 Å². The highest BCUT2D eigenvalue weighted by molar-refractivity contribution is 9.11. The number of hydrogen-bond donors (Lipinski definition) is 1. The van der Waals surface area contributed by atoms with Crippen LogP contribution < -0.4 is 5.32 Å². The predicted molar refractivity (Wildman–Crippen MR) is 89.7 cm³/mol. The van der Waals surface area contributed by atoms with Crippen molar-refractivity contribution in [3.63, 3.8) is 0 Å². The molecular weight excluding hydrogens is 374 g/mol. The molecule has 7 heteroatoms. The van der Waals surface area contributed by atoms with Crippen LogP contribution in [0.15, 0.2) is 15.9 Å². The molecule has 0 saturated carbocycles. The number of amides is 1. The van der Waals surface area contributed by atoms with Crippen molar-refractivity contribution in [1.82, 2.24) is 0 Å². The Balaban J connectivity index is 2.29. The summed E-state index contributed by atoms with van der Waals surface area (Å²) in [4.78, 5) is 25.8. The molecule has 0 bridgehead atoms. The third-order valence-electron chi connectivity index (χ3n) is 2.89. The van der Waals surface area contributed by atoms with E-state index in [0.717, 1.165) is 14.2 Å². The Morgan fingerprint density at radius 1 is 1.29 bits per heavy atom. The Kier molecular flexibility index (Phi) is 5.18. The zero-order valence-corrected chi connectivity index (χ0v) is 15.0. The third-order valence-corrected chi connectivity index (χ3v) is 5.63. The summed E-state index contributed by atoms with van der Waals surface area (Å²) >= 11 is 6.06.